The predicted molar refractivity (Wildman–Crippen MR) is 110 cm³/mol. The summed E-state index contributed by atoms with van der Waals surface area (Å²) in [5.74, 6) is -0.778. The summed E-state index contributed by atoms with van der Waals surface area (Å²) in [4.78, 5) is 15.5. The van der Waals surface area contributed by atoms with E-state index in [9.17, 15) is 9.36 Å². The lowest BCUT2D eigenvalue weighted by molar-refractivity contribution is -0.00266. The summed E-state index contributed by atoms with van der Waals surface area (Å²) in [6.07, 6.45) is 1.53. The Labute approximate surface area is 170 Å². The van der Waals surface area contributed by atoms with Gasteiger partial charge in [-0.15, -0.1) is 0 Å². The van der Waals surface area contributed by atoms with Crippen LogP contribution in [-0.2, 0) is 36.2 Å². The van der Waals surface area contributed by atoms with Crippen LogP contribution in [0.4, 0.5) is 5.82 Å². The molecule has 0 amide bonds. The molecular formula is C19H28N3O6P. The minimum Gasteiger partial charge on any atom is -0.383 e. The molecule has 0 bridgehead atoms. The number of hydrogen-bond acceptors (Lipinski definition) is 8. The van der Waals surface area contributed by atoms with E-state index in [1.807, 2.05) is 30.3 Å². The number of aromatic nitrogens is 2. The van der Waals surface area contributed by atoms with E-state index in [0.29, 0.717) is 6.61 Å². The van der Waals surface area contributed by atoms with Crippen LogP contribution in [0.25, 0.3) is 0 Å². The number of anilines is 1. The first-order valence-corrected chi connectivity index (χ1v) is 11.0. The van der Waals surface area contributed by atoms with Crippen LogP contribution in [0.1, 0.15) is 19.4 Å². The maximum absolute atomic E-state index is 13.2. The molecule has 160 valence electrons. The van der Waals surface area contributed by atoms with Crippen LogP contribution in [0.2, 0.25) is 0 Å². The van der Waals surface area contributed by atoms with Gasteiger partial charge in [0.1, 0.15) is 5.82 Å². The number of nitrogen functional groups attached to an aromatic ring is 1. The van der Waals surface area contributed by atoms with Gasteiger partial charge >= 0.3 is 13.3 Å². The monoisotopic (exact) mass is 425 g/mol. The summed E-state index contributed by atoms with van der Waals surface area (Å²) in [5.41, 5.74) is 5.99. The van der Waals surface area contributed by atoms with Crippen molar-refractivity contribution in [2.45, 2.75) is 32.8 Å². The SMILES string of the molecule is CCOP(=O)(OCC)C(COCc1ccccc1)OCCn1ccc(N)nc1=O. The van der Waals surface area contributed by atoms with Crippen LogP contribution in [0.3, 0.4) is 0 Å². The summed E-state index contributed by atoms with van der Waals surface area (Å²) in [7, 11) is -3.56. The van der Waals surface area contributed by atoms with Gasteiger partial charge in [-0.3, -0.25) is 9.13 Å². The van der Waals surface area contributed by atoms with Gasteiger partial charge in [-0.25, -0.2) is 4.79 Å². The molecule has 0 aliphatic heterocycles. The number of ether oxygens (including phenoxy) is 2. The summed E-state index contributed by atoms with van der Waals surface area (Å²) in [5, 5.41) is 0. The van der Waals surface area contributed by atoms with Crippen molar-refractivity contribution in [1.29, 1.82) is 0 Å². The molecule has 9 nitrogen and oxygen atoms in total. The Kier molecular flexibility index (Phi) is 9.50. The third kappa shape index (κ3) is 7.38. The molecule has 2 aromatic rings. The smallest absolute Gasteiger partial charge is 0.361 e. The molecule has 29 heavy (non-hydrogen) atoms. The van der Waals surface area contributed by atoms with E-state index in [1.165, 1.54) is 16.8 Å². The Bertz CT molecular complexity index is 835. The lowest BCUT2D eigenvalue weighted by Gasteiger charge is -2.26. The predicted octanol–water partition coefficient (Wildman–Crippen LogP) is 2.65. The summed E-state index contributed by atoms with van der Waals surface area (Å²) < 4.78 is 36.8. The van der Waals surface area contributed by atoms with Crippen LogP contribution in [-0.4, -0.2) is 41.8 Å². The van der Waals surface area contributed by atoms with Crippen molar-refractivity contribution in [3.05, 3.63) is 58.6 Å². The molecule has 0 radical (unpaired) electrons. The van der Waals surface area contributed by atoms with Crippen LogP contribution < -0.4 is 11.4 Å². The van der Waals surface area contributed by atoms with Crippen molar-refractivity contribution in [3.8, 4) is 0 Å². The van der Waals surface area contributed by atoms with Gasteiger partial charge in [-0.1, -0.05) is 30.3 Å². The second-order valence-electron chi connectivity index (χ2n) is 6.03. The fraction of sp³-hybridized carbons (Fsp3) is 0.474. The van der Waals surface area contributed by atoms with Crippen LogP contribution in [0, 0.1) is 0 Å². The molecule has 0 fully saturated rings. The van der Waals surface area contributed by atoms with E-state index in [2.05, 4.69) is 4.98 Å². The largest absolute Gasteiger partial charge is 0.383 e. The second kappa shape index (κ2) is 11.8. The molecule has 1 aromatic heterocycles. The molecular weight excluding hydrogens is 397 g/mol. The van der Waals surface area contributed by atoms with Gasteiger partial charge in [-0.05, 0) is 25.5 Å². The number of rotatable bonds is 13. The highest BCUT2D eigenvalue weighted by atomic mass is 31.2. The van der Waals surface area contributed by atoms with Crippen LogP contribution in [0.5, 0.6) is 0 Å². The van der Waals surface area contributed by atoms with E-state index < -0.39 is 19.1 Å². The van der Waals surface area contributed by atoms with Gasteiger partial charge in [0, 0.05) is 6.20 Å². The van der Waals surface area contributed by atoms with Gasteiger partial charge in [0.25, 0.3) is 0 Å². The molecule has 0 spiro atoms. The number of nitrogens with zero attached hydrogens (tertiary/aromatic N) is 2. The third-order valence-corrected chi connectivity index (χ3v) is 6.12. The van der Waals surface area contributed by atoms with Crippen molar-refractivity contribution < 1.29 is 23.1 Å². The molecule has 1 atom stereocenters. The quantitative estimate of drug-likeness (QED) is 0.487. The molecule has 0 saturated carbocycles. The standard InChI is InChI=1S/C19H28N3O6P/c1-3-27-29(24,28-4-2)18(15-25-14-16-8-6-5-7-9-16)26-13-12-22-11-10-17(20)21-19(22)23/h5-11,18H,3-4,12-15H2,1-2H3,(H2,20,21,23). The topological polar surface area (TPSA) is 115 Å². The first kappa shape index (κ1) is 23.3. The number of benzene rings is 1. The van der Waals surface area contributed by atoms with E-state index in [0.717, 1.165) is 5.56 Å². The summed E-state index contributed by atoms with van der Waals surface area (Å²) >= 11 is 0. The van der Waals surface area contributed by atoms with Crippen molar-refractivity contribution in [3.63, 3.8) is 0 Å². The fourth-order valence-electron chi connectivity index (χ4n) is 2.55. The van der Waals surface area contributed by atoms with Gasteiger partial charge < -0.3 is 24.3 Å². The molecule has 0 aliphatic carbocycles. The van der Waals surface area contributed by atoms with Crippen LogP contribution in [0.15, 0.2) is 47.4 Å². The molecule has 0 saturated heterocycles. The Morgan fingerprint density at radius 1 is 1.14 bits per heavy atom. The minimum absolute atomic E-state index is 0.0149. The van der Waals surface area contributed by atoms with Crippen molar-refractivity contribution >= 4 is 13.4 Å². The van der Waals surface area contributed by atoms with E-state index in [-0.39, 0.29) is 38.8 Å². The maximum atomic E-state index is 13.2. The van der Waals surface area contributed by atoms with Crippen molar-refractivity contribution in [2.24, 2.45) is 0 Å². The lowest BCUT2D eigenvalue weighted by atomic mass is 10.2. The lowest BCUT2D eigenvalue weighted by Crippen LogP contribution is -2.28. The normalized spacial score (nSPS) is 12.8. The number of hydrogen-bond donors (Lipinski definition) is 1. The molecule has 1 heterocycles. The maximum Gasteiger partial charge on any atom is 0.361 e. The Balaban J connectivity index is 2.02. The van der Waals surface area contributed by atoms with Gasteiger partial charge in [0.05, 0.1) is 39.6 Å². The van der Waals surface area contributed by atoms with E-state index in [1.54, 1.807) is 13.8 Å². The number of nitrogens with two attached hydrogens (primary N) is 1. The first-order chi connectivity index (χ1) is 14.0. The Morgan fingerprint density at radius 3 is 2.45 bits per heavy atom. The first-order valence-electron chi connectivity index (χ1n) is 9.43. The van der Waals surface area contributed by atoms with Crippen LogP contribution >= 0.6 is 7.60 Å². The van der Waals surface area contributed by atoms with Gasteiger partial charge in [-0.2, -0.15) is 4.98 Å². The van der Waals surface area contributed by atoms with Gasteiger partial charge in [0.2, 0.25) is 0 Å². The molecule has 0 aliphatic rings. The highest BCUT2D eigenvalue weighted by Gasteiger charge is 2.37. The van der Waals surface area contributed by atoms with E-state index in [4.69, 9.17) is 24.3 Å². The molecule has 2 rings (SSSR count). The average molecular weight is 425 g/mol. The fourth-order valence-corrected chi connectivity index (χ4v) is 4.25. The second-order valence-corrected chi connectivity index (χ2v) is 8.20. The highest BCUT2D eigenvalue weighted by Crippen LogP contribution is 2.53. The zero-order valence-corrected chi connectivity index (χ0v) is 17.6. The zero-order valence-electron chi connectivity index (χ0n) is 16.7. The van der Waals surface area contributed by atoms with Crippen molar-refractivity contribution in [2.75, 3.05) is 32.2 Å². The molecule has 1 unspecified atom stereocenters. The molecule has 10 heteroatoms. The zero-order chi connectivity index (χ0) is 21.1. The summed E-state index contributed by atoms with van der Waals surface area (Å²) in [6, 6.07) is 11.1. The highest BCUT2D eigenvalue weighted by molar-refractivity contribution is 7.54. The van der Waals surface area contributed by atoms with E-state index >= 15 is 0 Å². The minimum atomic E-state index is -3.56. The Morgan fingerprint density at radius 2 is 1.83 bits per heavy atom. The van der Waals surface area contributed by atoms with Crippen molar-refractivity contribution in [1.82, 2.24) is 9.55 Å². The third-order valence-electron chi connectivity index (χ3n) is 3.88. The van der Waals surface area contributed by atoms with Gasteiger partial charge in [0.15, 0.2) is 5.85 Å². The average Bonchev–Trinajstić information content (AvgIpc) is 2.69. The summed E-state index contributed by atoms with van der Waals surface area (Å²) in [6.45, 7) is 4.52. The molecule has 2 N–H and O–H groups in total. The molecule has 1 aromatic carbocycles. The Hall–Kier alpha value is -2.03.